The molecule has 1 saturated heterocycles. The first-order chi connectivity index (χ1) is 6.08. The minimum absolute atomic E-state index is 0.175. The van der Waals surface area contributed by atoms with Gasteiger partial charge in [0.1, 0.15) is 5.41 Å². The van der Waals surface area contributed by atoms with E-state index in [9.17, 15) is 9.59 Å². The zero-order valence-electron chi connectivity index (χ0n) is 7.04. The summed E-state index contributed by atoms with van der Waals surface area (Å²) in [5.41, 5.74) is -1.53. The summed E-state index contributed by atoms with van der Waals surface area (Å²) in [7, 11) is 0. The van der Waals surface area contributed by atoms with Crippen LogP contribution in [-0.2, 0) is 9.59 Å². The topological polar surface area (TPSA) is 86.6 Å². The number of hydrogen-bond donors (Lipinski definition) is 3. The van der Waals surface area contributed by atoms with Crippen molar-refractivity contribution in [3.63, 3.8) is 0 Å². The predicted molar refractivity (Wildman–Crippen MR) is 41.4 cm³/mol. The van der Waals surface area contributed by atoms with Gasteiger partial charge in [-0.2, -0.15) is 0 Å². The maximum absolute atomic E-state index is 11.1. The number of carbonyl (C=O) groups excluding carboxylic acids is 2. The molecule has 1 aliphatic carbocycles. The van der Waals surface area contributed by atoms with Crippen molar-refractivity contribution in [1.29, 1.82) is 0 Å². The number of β-lactam (4-membered cyclic amide) rings is 2. The van der Waals surface area contributed by atoms with Crippen molar-refractivity contribution in [2.24, 2.45) is 10.8 Å². The fraction of sp³-hybridized carbons (Fsp3) is 0.750. The highest BCUT2D eigenvalue weighted by molar-refractivity contribution is 6.22. The molecule has 3 N–H and O–H groups in total. The Bertz CT molecular complexity index is 258. The van der Waals surface area contributed by atoms with Crippen LogP contribution in [0.5, 0.6) is 0 Å². The summed E-state index contributed by atoms with van der Waals surface area (Å²) in [6, 6.07) is 0. The number of hydrogen-bond acceptors (Lipinski definition) is 4. The highest BCUT2D eigenvalue weighted by atomic mass is 16.3. The van der Waals surface area contributed by atoms with Crippen LogP contribution in [0.3, 0.4) is 0 Å². The van der Waals surface area contributed by atoms with E-state index >= 15 is 0 Å². The zero-order valence-corrected chi connectivity index (χ0v) is 7.04. The molecular formula is C8H11NO4. The highest BCUT2D eigenvalue weighted by Gasteiger charge is 2.68. The monoisotopic (exact) mass is 185 g/mol. The van der Waals surface area contributed by atoms with Crippen molar-refractivity contribution >= 4 is 11.8 Å². The number of rotatable bonds is 2. The first-order valence-electron chi connectivity index (χ1n) is 4.16. The Labute approximate surface area is 74.7 Å². The van der Waals surface area contributed by atoms with Crippen molar-refractivity contribution < 1.29 is 19.8 Å². The molecule has 0 aromatic carbocycles. The number of amides is 2. The van der Waals surface area contributed by atoms with Crippen LogP contribution in [0, 0.1) is 10.8 Å². The van der Waals surface area contributed by atoms with Gasteiger partial charge in [0.2, 0.25) is 11.8 Å². The first kappa shape index (κ1) is 8.65. The van der Waals surface area contributed by atoms with E-state index in [4.69, 9.17) is 10.2 Å². The van der Waals surface area contributed by atoms with Crippen LogP contribution in [0.25, 0.3) is 0 Å². The summed E-state index contributed by atoms with van der Waals surface area (Å²) in [6.45, 7) is -0.350. The molecule has 0 radical (unpaired) electrons. The third-order valence-electron chi connectivity index (χ3n) is 3.12. The summed E-state index contributed by atoms with van der Waals surface area (Å²) in [5, 5.41) is 20.1. The normalized spacial score (nSPS) is 27.8. The van der Waals surface area contributed by atoms with Crippen LogP contribution in [0.4, 0.5) is 0 Å². The van der Waals surface area contributed by atoms with Gasteiger partial charge >= 0.3 is 0 Å². The van der Waals surface area contributed by atoms with E-state index in [2.05, 4.69) is 5.32 Å². The molecular weight excluding hydrogens is 174 g/mol. The van der Waals surface area contributed by atoms with E-state index < -0.39 is 10.8 Å². The van der Waals surface area contributed by atoms with Gasteiger partial charge in [0.15, 0.2) is 0 Å². The Kier molecular flexibility index (Phi) is 1.53. The predicted octanol–water partition coefficient (Wildman–Crippen LogP) is -1.61. The molecule has 72 valence electrons. The van der Waals surface area contributed by atoms with Gasteiger partial charge in [0.05, 0.1) is 13.2 Å². The molecule has 0 bridgehead atoms. The maximum Gasteiger partial charge on any atom is 0.242 e. The summed E-state index contributed by atoms with van der Waals surface area (Å²) in [6.07, 6.45) is 0.551. The number of nitrogens with one attached hydrogen (secondary N) is 1. The van der Waals surface area contributed by atoms with Crippen LogP contribution in [0.1, 0.15) is 12.8 Å². The molecule has 1 spiro atoms. The van der Waals surface area contributed by atoms with Crippen LogP contribution in [0.15, 0.2) is 0 Å². The molecule has 0 unspecified atom stereocenters. The Morgan fingerprint density at radius 1 is 1.15 bits per heavy atom. The van der Waals surface area contributed by atoms with Gasteiger partial charge < -0.3 is 10.2 Å². The summed E-state index contributed by atoms with van der Waals surface area (Å²) < 4.78 is 0. The smallest absolute Gasteiger partial charge is 0.242 e. The van der Waals surface area contributed by atoms with Crippen molar-refractivity contribution in [3.05, 3.63) is 0 Å². The Balaban J connectivity index is 2.11. The van der Waals surface area contributed by atoms with E-state index in [1.807, 2.05) is 0 Å². The van der Waals surface area contributed by atoms with Gasteiger partial charge in [-0.15, -0.1) is 0 Å². The molecule has 1 heterocycles. The lowest BCUT2D eigenvalue weighted by atomic mass is 9.50. The minimum Gasteiger partial charge on any atom is -0.396 e. The molecule has 13 heavy (non-hydrogen) atoms. The third kappa shape index (κ3) is 0.831. The van der Waals surface area contributed by atoms with E-state index in [0.29, 0.717) is 0 Å². The molecule has 2 fully saturated rings. The molecule has 5 heteroatoms. The summed E-state index contributed by atoms with van der Waals surface area (Å²) in [5.74, 6) is -0.537. The molecule has 0 aromatic heterocycles. The summed E-state index contributed by atoms with van der Waals surface area (Å²) >= 11 is 0. The second-order valence-electron chi connectivity index (χ2n) is 4.04. The molecule has 0 atom stereocenters. The second-order valence-corrected chi connectivity index (χ2v) is 4.04. The molecule has 5 nitrogen and oxygen atoms in total. The van der Waals surface area contributed by atoms with E-state index in [-0.39, 0.29) is 37.9 Å². The van der Waals surface area contributed by atoms with Crippen molar-refractivity contribution in [2.75, 3.05) is 13.2 Å². The lowest BCUT2D eigenvalue weighted by molar-refractivity contribution is -0.184. The van der Waals surface area contributed by atoms with E-state index in [1.54, 1.807) is 0 Å². The van der Waals surface area contributed by atoms with Crippen molar-refractivity contribution in [2.45, 2.75) is 12.8 Å². The SMILES string of the molecule is O=C1NC(=O)C12CC(CO)(CO)C2. The van der Waals surface area contributed by atoms with Crippen LogP contribution in [-0.4, -0.2) is 35.2 Å². The van der Waals surface area contributed by atoms with Gasteiger partial charge in [-0.3, -0.25) is 14.9 Å². The third-order valence-corrected chi connectivity index (χ3v) is 3.12. The van der Waals surface area contributed by atoms with Crippen molar-refractivity contribution in [1.82, 2.24) is 5.32 Å². The fourth-order valence-corrected chi connectivity index (χ4v) is 2.21. The Morgan fingerprint density at radius 2 is 1.62 bits per heavy atom. The minimum atomic E-state index is -0.911. The van der Waals surface area contributed by atoms with Crippen LogP contribution >= 0.6 is 0 Å². The van der Waals surface area contributed by atoms with E-state index in [0.717, 1.165) is 0 Å². The van der Waals surface area contributed by atoms with Gasteiger partial charge in [0, 0.05) is 5.41 Å². The molecule has 0 aromatic rings. The molecule has 2 aliphatic rings. The average Bonchev–Trinajstić information content (AvgIpc) is 2.05. The largest absolute Gasteiger partial charge is 0.396 e. The van der Waals surface area contributed by atoms with Crippen LogP contribution in [0.2, 0.25) is 0 Å². The molecule has 1 aliphatic heterocycles. The molecule has 2 rings (SSSR count). The number of aliphatic hydroxyl groups is 2. The van der Waals surface area contributed by atoms with Crippen molar-refractivity contribution in [3.8, 4) is 0 Å². The van der Waals surface area contributed by atoms with Crippen LogP contribution < -0.4 is 5.32 Å². The Morgan fingerprint density at radius 3 is 1.92 bits per heavy atom. The standard InChI is InChI=1S/C8H11NO4/c10-3-7(4-11)1-8(2-7)5(12)9-6(8)13/h10-11H,1-4H2,(H,9,12,13). The number of carbonyl (C=O) groups is 2. The quantitative estimate of drug-likeness (QED) is 0.357. The Hall–Kier alpha value is -0.940. The molecule has 2 amide bonds. The van der Waals surface area contributed by atoms with E-state index in [1.165, 1.54) is 0 Å². The van der Waals surface area contributed by atoms with Gasteiger partial charge in [-0.25, -0.2) is 0 Å². The highest BCUT2D eigenvalue weighted by Crippen LogP contribution is 2.57. The van der Waals surface area contributed by atoms with Gasteiger partial charge in [-0.1, -0.05) is 0 Å². The number of aliphatic hydroxyl groups excluding tert-OH is 2. The fourth-order valence-electron chi connectivity index (χ4n) is 2.21. The van der Waals surface area contributed by atoms with Gasteiger partial charge in [0.25, 0.3) is 0 Å². The maximum atomic E-state index is 11.1. The first-order valence-corrected chi connectivity index (χ1v) is 4.16. The molecule has 1 saturated carbocycles. The number of imide groups is 1. The average molecular weight is 185 g/mol. The lowest BCUT2D eigenvalue weighted by Crippen LogP contribution is -2.73. The second kappa shape index (κ2) is 2.30. The zero-order chi connectivity index (χ0) is 9.69. The van der Waals surface area contributed by atoms with Gasteiger partial charge in [-0.05, 0) is 12.8 Å². The summed E-state index contributed by atoms with van der Waals surface area (Å²) in [4.78, 5) is 22.1. The lowest BCUT2D eigenvalue weighted by Gasteiger charge is -2.56.